The lowest BCUT2D eigenvalue weighted by Gasteiger charge is -2.38. The molecule has 1 aliphatic heterocycles. The average molecular weight is 142 g/mol. The van der Waals surface area contributed by atoms with Gasteiger partial charge in [0.1, 0.15) is 0 Å². The molecule has 1 aliphatic rings. The highest BCUT2D eigenvalue weighted by molar-refractivity contribution is 5.74. The van der Waals surface area contributed by atoms with Gasteiger partial charge in [0.15, 0.2) is 0 Å². The molecule has 0 atom stereocenters. The van der Waals surface area contributed by atoms with Gasteiger partial charge in [-0.25, -0.2) is 0 Å². The number of nitrogens with two attached hydrogens (primary N) is 1. The first-order valence-corrected chi connectivity index (χ1v) is 3.69. The second kappa shape index (κ2) is 3.01. The summed E-state index contributed by atoms with van der Waals surface area (Å²) in [4.78, 5) is 12.5. The van der Waals surface area contributed by atoms with Crippen molar-refractivity contribution < 1.29 is 4.79 Å². The quantitative estimate of drug-likeness (QED) is 0.581. The molecular formula is C7H14N2O. The van der Waals surface area contributed by atoms with Crippen LogP contribution in [-0.4, -0.2) is 30.4 Å². The third-order valence-electron chi connectivity index (χ3n) is 1.98. The smallest absolute Gasteiger partial charge is 0.219 e. The molecule has 0 bridgehead atoms. The first-order valence-electron chi connectivity index (χ1n) is 3.69. The molecule has 2 N–H and O–H groups in total. The Kier molecular flexibility index (Phi) is 2.27. The Balaban J connectivity index is 2.12. The lowest BCUT2D eigenvalue weighted by Crippen LogP contribution is -2.49. The molecular weight excluding hydrogens is 128 g/mol. The van der Waals surface area contributed by atoms with E-state index in [-0.39, 0.29) is 5.91 Å². The van der Waals surface area contributed by atoms with Crippen molar-refractivity contribution in [1.82, 2.24) is 4.90 Å². The van der Waals surface area contributed by atoms with Crippen molar-refractivity contribution in [2.24, 2.45) is 11.7 Å². The summed E-state index contributed by atoms with van der Waals surface area (Å²) in [6.07, 6.45) is 1.06. The van der Waals surface area contributed by atoms with Gasteiger partial charge in [-0.15, -0.1) is 0 Å². The highest BCUT2D eigenvalue weighted by Gasteiger charge is 2.27. The molecule has 0 aromatic rings. The number of amides is 1. The predicted octanol–water partition coefficient (Wildman–Crippen LogP) is -0.187. The maximum atomic E-state index is 10.7. The maximum absolute atomic E-state index is 10.7. The topological polar surface area (TPSA) is 46.3 Å². The summed E-state index contributed by atoms with van der Waals surface area (Å²) in [5, 5.41) is 0. The van der Waals surface area contributed by atoms with Gasteiger partial charge in [0.25, 0.3) is 0 Å². The summed E-state index contributed by atoms with van der Waals surface area (Å²) in [5.41, 5.74) is 5.36. The molecule has 1 fully saturated rings. The van der Waals surface area contributed by atoms with E-state index in [4.69, 9.17) is 5.73 Å². The van der Waals surface area contributed by atoms with Gasteiger partial charge in [-0.05, 0) is 18.9 Å². The molecule has 0 spiro atoms. The van der Waals surface area contributed by atoms with Crippen LogP contribution >= 0.6 is 0 Å². The van der Waals surface area contributed by atoms with E-state index in [9.17, 15) is 4.79 Å². The Bertz CT molecular complexity index is 130. The highest BCUT2D eigenvalue weighted by Crippen LogP contribution is 2.17. The molecule has 0 radical (unpaired) electrons. The van der Waals surface area contributed by atoms with E-state index in [0.29, 0.717) is 5.92 Å². The molecule has 58 valence electrons. The number of carbonyl (C=O) groups excluding carboxylic acids is 1. The van der Waals surface area contributed by atoms with Crippen molar-refractivity contribution in [1.29, 1.82) is 0 Å². The van der Waals surface area contributed by atoms with Gasteiger partial charge in [-0.3, -0.25) is 4.79 Å². The van der Waals surface area contributed by atoms with Gasteiger partial charge in [-0.2, -0.15) is 0 Å². The SMILES string of the molecule is CC(=O)N1CC(CCN)C1. The summed E-state index contributed by atoms with van der Waals surface area (Å²) in [6, 6.07) is 0. The third-order valence-corrected chi connectivity index (χ3v) is 1.98. The van der Waals surface area contributed by atoms with Gasteiger partial charge in [0.2, 0.25) is 5.91 Å². The molecule has 1 amide bonds. The van der Waals surface area contributed by atoms with E-state index < -0.39 is 0 Å². The molecule has 0 aromatic carbocycles. The van der Waals surface area contributed by atoms with Crippen LogP contribution in [-0.2, 0) is 4.79 Å². The fraction of sp³-hybridized carbons (Fsp3) is 0.857. The summed E-state index contributed by atoms with van der Waals surface area (Å²) in [6.45, 7) is 4.20. The van der Waals surface area contributed by atoms with E-state index in [1.807, 2.05) is 4.90 Å². The van der Waals surface area contributed by atoms with Crippen molar-refractivity contribution in [3.8, 4) is 0 Å². The summed E-state index contributed by atoms with van der Waals surface area (Å²) < 4.78 is 0. The van der Waals surface area contributed by atoms with Crippen LogP contribution in [0.4, 0.5) is 0 Å². The fourth-order valence-corrected chi connectivity index (χ4v) is 1.25. The van der Waals surface area contributed by atoms with Crippen LogP contribution in [0, 0.1) is 5.92 Å². The molecule has 3 nitrogen and oxygen atoms in total. The van der Waals surface area contributed by atoms with Gasteiger partial charge in [0.05, 0.1) is 0 Å². The fourth-order valence-electron chi connectivity index (χ4n) is 1.25. The number of carbonyl (C=O) groups is 1. The summed E-state index contributed by atoms with van der Waals surface area (Å²) >= 11 is 0. The first kappa shape index (κ1) is 7.54. The lowest BCUT2D eigenvalue weighted by atomic mass is 9.97. The lowest BCUT2D eigenvalue weighted by molar-refractivity contribution is -0.135. The molecule has 0 unspecified atom stereocenters. The Hall–Kier alpha value is -0.570. The average Bonchev–Trinajstić information content (AvgIpc) is 1.76. The Labute approximate surface area is 61.2 Å². The Morgan fingerprint density at radius 3 is 2.70 bits per heavy atom. The number of likely N-dealkylation sites (tertiary alicyclic amines) is 1. The van der Waals surface area contributed by atoms with Crippen LogP contribution in [0.5, 0.6) is 0 Å². The Morgan fingerprint density at radius 1 is 1.70 bits per heavy atom. The largest absolute Gasteiger partial charge is 0.342 e. The molecule has 1 saturated heterocycles. The van der Waals surface area contributed by atoms with E-state index in [1.54, 1.807) is 6.92 Å². The zero-order valence-electron chi connectivity index (χ0n) is 6.34. The van der Waals surface area contributed by atoms with Crippen LogP contribution in [0.1, 0.15) is 13.3 Å². The molecule has 0 saturated carbocycles. The minimum Gasteiger partial charge on any atom is -0.342 e. The first-order chi connectivity index (χ1) is 4.74. The van der Waals surface area contributed by atoms with Crippen LogP contribution < -0.4 is 5.73 Å². The number of hydrogen-bond acceptors (Lipinski definition) is 2. The van der Waals surface area contributed by atoms with Gasteiger partial charge < -0.3 is 10.6 Å². The van der Waals surface area contributed by atoms with Crippen LogP contribution in [0.3, 0.4) is 0 Å². The molecule has 0 aliphatic carbocycles. The summed E-state index contributed by atoms with van der Waals surface area (Å²) in [7, 11) is 0. The monoisotopic (exact) mass is 142 g/mol. The zero-order valence-corrected chi connectivity index (χ0v) is 6.34. The van der Waals surface area contributed by atoms with Crippen molar-refractivity contribution in [2.75, 3.05) is 19.6 Å². The predicted molar refractivity (Wildman–Crippen MR) is 39.4 cm³/mol. The zero-order chi connectivity index (χ0) is 7.56. The third kappa shape index (κ3) is 1.48. The van der Waals surface area contributed by atoms with Crippen LogP contribution in [0.25, 0.3) is 0 Å². The summed E-state index contributed by atoms with van der Waals surface area (Å²) in [5.74, 6) is 0.863. The molecule has 1 heterocycles. The van der Waals surface area contributed by atoms with E-state index >= 15 is 0 Å². The molecule has 1 rings (SSSR count). The second-order valence-electron chi connectivity index (χ2n) is 2.87. The normalized spacial score (nSPS) is 18.8. The van der Waals surface area contributed by atoms with E-state index in [1.165, 1.54) is 0 Å². The number of rotatable bonds is 2. The minimum atomic E-state index is 0.188. The van der Waals surface area contributed by atoms with Crippen LogP contribution in [0.2, 0.25) is 0 Å². The molecule has 10 heavy (non-hydrogen) atoms. The highest BCUT2D eigenvalue weighted by atomic mass is 16.2. The number of hydrogen-bond donors (Lipinski definition) is 1. The van der Waals surface area contributed by atoms with Crippen LogP contribution in [0.15, 0.2) is 0 Å². The van der Waals surface area contributed by atoms with E-state index in [2.05, 4.69) is 0 Å². The number of nitrogens with zero attached hydrogens (tertiary/aromatic N) is 1. The second-order valence-corrected chi connectivity index (χ2v) is 2.87. The Morgan fingerprint density at radius 2 is 2.30 bits per heavy atom. The molecule has 0 aromatic heterocycles. The maximum Gasteiger partial charge on any atom is 0.219 e. The van der Waals surface area contributed by atoms with Gasteiger partial charge >= 0.3 is 0 Å². The van der Waals surface area contributed by atoms with Crippen molar-refractivity contribution >= 4 is 5.91 Å². The van der Waals surface area contributed by atoms with Crippen molar-refractivity contribution in [3.05, 3.63) is 0 Å². The minimum absolute atomic E-state index is 0.188. The van der Waals surface area contributed by atoms with Crippen molar-refractivity contribution in [2.45, 2.75) is 13.3 Å². The van der Waals surface area contributed by atoms with Gasteiger partial charge in [-0.1, -0.05) is 0 Å². The standard InChI is InChI=1S/C7H14N2O/c1-6(10)9-4-7(5-9)2-3-8/h7H,2-5,8H2,1H3. The van der Waals surface area contributed by atoms with E-state index in [0.717, 1.165) is 26.1 Å². The molecule has 3 heteroatoms. The van der Waals surface area contributed by atoms with Gasteiger partial charge in [0, 0.05) is 20.0 Å². The van der Waals surface area contributed by atoms with Crippen molar-refractivity contribution in [3.63, 3.8) is 0 Å².